The van der Waals surface area contributed by atoms with E-state index in [0.29, 0.717) is 17.8 Å². The van der Waals surface area contributed by atoms with Gasteiger partial charge in [0.2, 0.25) is 5.91 Å². The predicted molar refractivity (Wildman–Crippen MR) is 139 cm³/mol. The molecule has 3 N–H and O–H groups in total. The maximum atomic E-state index is 12.0. The van der Waals surface area contributed by atoms with Gasteiger partial charge in [-0.2, -0.15) is 5.10 Å². The van der Waals surface area contributed by atoms with Crippen molar-refractivity contribution in [3.63, 3.8) is 0 Å². The Morgan fingerprint density at radius 3 is 2.69 bits per heavy atom. The summed E-state index contributed by atoms with van der Waals surface area (Å²) in [6, 6.07) is 13.8. The number of carbonyl (C=O) groups excluding carboxylic acids is 1. The largest absolute Gasteiger partial charge is 0.338 e. The van der Waals surface area contributed by atoms with Gasteiger partial charge >= 0.3 is 0 Å². The Hall–Kier alpha value is -4.92. The number of hydrogen-bond acceptors (Lipinski definition) is 6. The van der Waals surface area contributed by atoms with Gasteiger partial charge in [0.25, 0.3) is 0 Å². The molecule has 0 saturated carbocycles. The molecule has 9 heteroatoms. The first-order valence-electron chi connectivity index (χ1n) is 11.7. The number of carbonyl (C=O) groups is 1. The van der Waals surface area contributed by atoms with Crippen LogP contribution >= 0.6 is 0 Å². The van der Waals surface area contributed by atoms with Crippen LogP contribution in [0.2, 0.25) is 0 Å². The van der Waals surface area contributed by atoms with Crippen molar-refractivity contribution in [1.29, 1.82) is 0 Å². The molecular weight excluding hydrogens is 452 g/mol. The van der Waals surface area contributed by atoms with Crippen LogP contribution in [0.3, 0.4) is 0 Å². The number of aromatic nitrogens is 7. The molecule has 0 aliphatic rings. The first-order chi connectivity index (χ1) is 17.7. The average molecular weight is 475 g/mol. The van der Waals surface area contributed by atoms with Gasteiger partial charge in [-0.05, 0) is 42.8 Å². The van der Waals surface area contributed by atoms with Crippen molar-refractivity contribution in [3.05, 3.63) is 73.4 Å². The Morgan fingerprint density at radius 2 is 1.83 bits per heavy atom. The third-order valence-corrected chi connectivity index (χ3v) is 5.98. The molecule has 0 bridgehead atoms. The normalized spacial score (nSPS) is 11.2. The minimum atomic E-state index is -0.0281. The van der Waals surface area contributed by atoms with Crippen molar-refractivity contribution in [2.24, 2.45) is 0 Å². The van der Waals surface area contributed by atoms with Crippen LogP contribution in [-0.2, 0) is 4.79 Å². The molecule has 0 aliphatic carbocycles. The zero-order chi connectivity index (χ0) is 24.5. The Kier molecular flexibility index (Phi) is 5.42. The van der Waals surface area contributed by atoms with Crippen LogP contribution in [0.4, 0.5) is 5.69 Å². The maximum Gasteiger partial charge on any atom is 0.224 e. The monoisotopic (exact) mass is 474 g/mol. The van der Waals surface area contributed by atoms with Crippen LogP contribution in [0, 0.1) is 0 Å². The predicted octanol–water partition coefficient (Wildman–Crippen LogP) is 5.36. The Balaban J connectivity index is 1.40. The molecule has 176 valence electrons. The Bertz CT molecular complexity index is 1700. The summed E-state index contributed by atoms with van der Waals surface area (Å²) in [5, 5.41) is 12.3. The van der Waals surface area contributed by atoms with Crippen LogP contribution < -0.4 is 5.32 Å². The second-order valence-electron chi connectivity index (χ2n) is 8.47. The van der Waals surface area contributed by atoms with Crippen LogP contribution in [0.5, 0.6) is 0 Å². The van der Waals surface area contributed by atoms with E-state index in [1.165, 1.54) is 0 Å². The van der Waals surface area contributed by atoms with Crippen molar-refractivity contribution in [1.82, 2.24) is 35.1 Å². The lowest BCUT2D eigenvalue weighted by molar-refractivity contribution is -0.116. The quantitative estimate of drug-likeness (QED) is 0.298. The minimum Gasteiger partial charge on any atom is -0.338 e. The van der Waals surface area contributed by atoms with Gasteiger partial charge in [0, 0.05) is 58.7 Å². The number of pyridine rings is 4. The molecule has 1 amide bonds. The van der Waals surface area contributed by atoms with Crippen LogP contribution in [0.15, 0.2) is 73.4 Å². The van der Waals surface area contributed by atoms with Gasteiger partial charge in [-0.15, -0.1) is 0 Å². The average Bonchev–Trinajstić information content (AvgIpc) is 3.53. The molecule has 0 saturated heterocycles. The summed E-state index contributed by atoms with van der Waals surface area (Å²) in [5.41, 5.74) is 7.24. The Morgan fingerprint density at radius 1 is 0.917 bits per heavy atom. The van der Waals surface area contributed by atoms with E-state index in [1.807, 2.05) is 49.4 Å². The number of aromatic amines is 2. The standard InChI is InChI=1S/C27H22N8O/c1-2-5-24(36)32-18-10-16(13-28-15-18)17-11-21-25(34-35-27(21)31-14-17)23-12-20-19(7-9-30-26(20)33-23)22-6-3-4-8-29-22/h3-4,6-15H,2,5H2,1H3,(H,30,33)(H,32,36)(H,31,34,35). The Labute approximate surface area is 206 Å². The molecule has 9 nitrogen and oxygen atoms in total. The number of H-pyrrole nitrogens is 2. The topological polar surface area (TPSA) is 125 Å². The van der Waals surface area contributed by atoms with Crippen molar-refractivity contribution in [2.75, 3.05) is 5.32 Å². The lowest BCUT2D eigenvalue weighted by Gasteiger charge is -2.07. The zero-order valence-corrected chi connectivity index (χ0v) is 19.5. The molecule has 36 heavy (non-hydrogen) atoms. The summed E-state index contributed by atoms with van der Waals surface area (Å²) >= 11 is 0. The highest BCUT2D eigenvalue weighted by atomic mass is 16.1. The summed E-state index contributed by atoms with van der Waals surface area (Å²) in [5.74, 6) is -0.0281. The molecular formula is C27H22N8O. The maximum absolute atomic E-state index is 12.0. The molecule has 6 aromatic rings. The fraction of sp³-hybridized carbons (Fsp3) is 0.111. The number of fused-ring (bicyclic) bond motifs is 2. The van der Waals surface area contributed by atoms with Crippen LogP contribution in [0.25, 0.3) is 55.8 Å². The second-order valence-corrected chi connectivity index (χ2v) is 8.47. The summed E-state index contributed by atoms with van der Waals surface area (Å²) in [6.07, 6.45) is 9.97. The molecule has 0 fully saturated rings. The van der Waals surface area contributed by atoms with Gasteiger partial charge in [-0.1, -0.05) is 13.0 Å². The summed E-state index contributed by atoms with van der Waals surface area (Å²) in [7, 11) is 0. The smallest absolute Gasteiger partial charge is 0.224 e. The SMILES string of the molecule is CCCC(=O)Nc1cncc(-c2cnc3[nH]nc(-c4cc5c(-c6ccccn6)ccnc5[nH]4)c3c2)c1. The third kappa shape index (κ3) is 3.96. The van der Waals surface area contributed by atoms with Crippen LogP contribution in [-0.4, -0.2) is 41.0 Å². The molecule has 6 heterocycles. The molecule has 0 aliphatic heterocycles. The van der Waals surface area contributed by atoms with Gasteiger partial charge < -0.3 is 10.3 Å². The van der Waals surface area contributed by atoms with Gasteiger partial charge in [0.15, 0.2) is 5.65 Å². The van der Waals surface area contributed by atoms with Crippen LogP contribution in [0.1, 0.15) is 19.8 Å². The van der Waals surface area contributed by atoms with Gasteiger partial charge in [0.05, 0.1) is 23.3 Å². The lowest BCUT2D eigenvalue weighted by atomic mass is 10.1. The molecule has 0 atom stereocenters. The minimum absolute atomic E-state index is 0.0281. The molecule has 6 rings (SSSR count). The number of hydrogen-bond donors (Lipinski definition) is 3. The molecule has 0 unspecified atom stereocenters. The highest BCUT2D eigenvalue weighted by Crippen LogP contribution is 2.33. The first-order valence-corrected chi connectivity index (χ1v) is 11.7. The highest BCUT2D eigenvalue weighted by Gasteiger charge is 2.16. The molecule has 0 aromatic carbocycles. The van der Waals surface area contributed by atoms with Crippen molar-refractivity contribution < 1.29 is 4.79 Å². The number of nitrogens with zero attached hydrogens (tertiary/aromatic N) is 5. The number of amides is 1. The molecule has 0 radical (unpaired) electrons. The number of rotatable bonds is 6. The summed E-state index contributed by atoms with van der Waals surface area (Å²) in [6.45, 7) is 1.97. The van der Waals surface area contributed by atoms with E-state index in [2.05, 4.69) is 40.4 Å². The molecule has 6 aromatic heterocycles. The second kappa shape index (κ2) is 9.03. The lowest BCUT2D eigenvalue weighted by Crippen LogP contribution is -2.10. The zero-order valence-electron chi connectivity index (χ0n) is 19.5. The van der Waals surface area contributed by atoms with Gasteiger partial charge in [-0.3, -0.25) is 19.9 Å². The van der Waals surface area contributed by atoms with Crippen molar-refractivity contribution >= 4 is 33.7 Å². The van der Waals surface area contributed by atoms with Crippen molar-refractivity contribution in [3.8, 4) is 33.8 Å². The van der Waals surface area contributed by atoms with E-state index in [4.69, 9.17) is 0 Å². The first kappa shape index (κ1) is 21.6. The van der Waals surface area contributed by atoms with E-state index in [9.17, 15) is 4.79 Å². The van der Waals surface area contributed by atoms with Gasteiger partial charge in [0.1, 0.15) is 11.3 Å². The summed E-state index contributed by atoms with van der Waals surface area (Å²) < 4.78 is 0. The third-order valence-electron chi connectivity index (χ3n) is 5.98. The van der Waals surface area contributed by atoms with E-state index in [1.54, 1.807) is 31.0 Å². The van der Waals surface area contributed by atoms with E-state index >= 15 is 0 Å². The van der Waals surface area contributed by atoms with Crippen molar-refractivity contribution in [2.45, 2.75) is 19.8 Å². The highest BCUT2D eigenvalue weighted by molar-refractivity contribution is 5.99. The number of nitrogens with one attached hydrogen (secondary N) is 3. The summed E-state index contributed by atoms with van der Waals surface area (Å²) in [4.78, 5) is 33.3. The van der Waals surface area contributed by atoms with E-state index < -0.39 is 0 Å². The van der Waals surface area contributed by atoms with E-state index in [-0.39, 0.29) is 5.91 Å². The van der Waals surface area contributed by atoms with E-state index in [0.717, 1.165) is 56.6 Å². The fourth-order valence-corrected chi connectivity index (χ4v) is 4.28. The van der Waals surface area contributed by atoms with Gasteiger partial charge in [-0.25, -0.2) is 9.97 Å². The fourth-order valence-electron chi connectivity index (χ4n) is 4.28. The molecule has 0 spiro atoms. The number of anilines is 1.